The van der Waals surface area contributed by atoms with Crippen molar-refractivity contribution in [2.24, 2.45) is 0 Å². The summed E-state index contributed by atoms with van der Waals surface area (Å²) in [5.41, 5.74) is 2.10. The molecule has 0 radical (unpaired) electrons. The van der Waals surface area contributed by atoms with Gasteiger partial charge in [-0.15, -0.1) is 0 Å². The molecule has 1 aliphatic rings. The second kappa shape index (κ2) is 5.08. The standard InChI is InChI=1S/C15H17BrO3/c1-15(2,3)19-13(17)7-9-5-4-6-10-11(9)8-12(16)14(10)18/h4-6,12H,7-8H2,1-3H3. The number of Topliss-reactive ketones (excluding diaryl/α,β-unsaturated/α-hetero) is 1. The van der Waals surface area contributed by atoms with E-state index >= 15 is 0 Å². The van der Waals surface area contributed by atoms with Gasteiger partial charge in [0.1, 0.15) is 5.60 Å². The summed E-state index contributed by atoms with van der Waals surface area (Å²) in [5, 5.41) is 0. The van der Waals surface area contributed by atoms with Gasteiger partial charge in [-0.25, -0.2) is 0 Å². The summed E-state index contributed by atoms with van der Waals surface area (Å²) in [7, 11) is 0. The quantitative estimate of drug-likeness (QED) is 0.620. The zero-order valence-electron chi connectivity index (χ0n) is 11.3. The Kier molecular flexibility index (Phi) is 3.81. The molecule has 2 rings (SSSR count). The lowest BCUT2D eigenvalue weighted by atomic mass is 10.0. The number of carbonyl (C=O) groups excluding carboxylic acids is 2. The van der Waals surface area contributed by atoms with E-state index in [2.05, 4.69) is 15.9 Å². The summed E-state index contributed by atoms with van der Waals surface area (Å²) < 4.78 is 5.32. The average molecular weight is 325 g/mol. The number of hydrogen-bond donors (Lipinski definition) is 0. The molecule has 19 heavy (non-hydrogen) atoms. The highest BCUT2D eigenvalue weighted by Gasteiger charge is 2.30. The van der Waals surface area contributed by atoms with Crippen LogP contribution in [0.25, 0.3) is 0 Å². The summed E-state index contributed by atoms with van der Waals surface area (Å²) in [6.07, 6.45) is 0.862. The van der Waals surface area contributed by atoms with E-state index in [0.29, 0.717) is 6.42 Å². The number of ether oxygens (including phenoxy) is 1. The second-order valence-electron chi connectivity index (χ2n) is 5.74. The van der Waals surface area contributed by atoms with Crippen molar-refractivity contribution in [3.8, 4) is 0 Å². The molecule has 3 nitrogen and oxygen atoms in total. The zero-order valence-corrected chi connectivity index (χ0v) is 12.9. The maximum atomic E-state index is 11.9. The number of fused-ring (bicyclic) bond motifs is 1. The third-order valence-electron chi connectivity index (χ3n) is 2.96. The van der Waals surface area contributed by atoms with Crippen LogP contribution < -0.4 is 0 Å². The number of carbonyl (C=O) groups is 2. The van der Waals surface area contributed by atoms with Crippen molar-refractivity contribution in [3.05, 3.63) is 34.9 Å². The molecule has 0 heterocycles. The number of benzene rings is 1. The van der Waals surface area contributed by atoms with Gasteiger partial charge in [-0.2, -0.15) is 0 Å². The molecule has 0 fully saturated rings. The fraction of sp³-hybridized carbons (Fsp3) is 0.467. The number of rotatable bonds is 2. The van der Waals surface area contributed by atoms with Crippen molar-refractivity contribution >= 4 is 27.7 Å². The molecule has 0 amide bonds. The van der Waals surface area contributed by atoms with Crippen LogP contribution in [-0.4, -0.2) is 22.2 Å². The maximum absolute atomic E-state index is 11.9. The minimum absolute atomic E-state index is 0.0982. The highest BCUT2D eigenvalue weighted by molar-refractivity contribution is 9.10. The van der Waals surface area contributed by atoms with Crippen molar-refractivity contribution in [3.63, 3.8) is 0 Å². The van der Waals surface area contributed by atoms with Crippen molar-refractivity contribution in [2.75, 3.05) is 0 Å². The predicted molar refractivity (Wildman–Crippen MR) is 76.7 cm³/mol. The summed E-state index contributed by atoms with van der Waals surface area (Å²) in [6, 6.07) is 5.53. The van der Waals surface area contributed by atoms with E-state index in [1.54, 1.807) is 0 Å². The van der Waals surface area contributed by atoms with Crippen molar-refractivity contribution in [1.82, 2.24) is 0 Å². The third-order valence-corrected chi connectivity index (χ3v) is 3.70. The lowest BCUT2D eigenvalue weighted by Crippen LogP contribution is -2.25. The summed E-state index contributed by atoms with van der Waals surface area (Å²) in [6.45, 7) is 5.54. The van der Waals surface area contributed by atoms with Crippen LogP contribution in [0.1, 0.15) is 42.3 Å². The minimum atomic E-state index is -0.483. The Balaban J connectivity index is 2.20. The van der Waals surface area contributed by atoms with Crippen LogP contribution >= 0.6 is 15.9 Å². The van der Waals surface area contributed by atoms with E-state index in [4.69, 9.17) is 4.74 Å². The van der Waals surface area contributed by atoms with Crippen molar-refractivity contribution in [2.45, 2.75) is 44.0 Å². The average Bonchev–Trinajstić information content (AvgIpc) is 2.54. The van der Waals surface area contributed by atoms with Gasteiger partial charge in [0.15, 0.2) is 5.78 Å². The molecule has 0 aliphatic heterocycles. The number of esters is 1. The first-order chi connectivity index (χ1) is 8.78. The van der Waals surface area contributed by atoms with Crippen LogP contribution in [-0.2, 0) is 22.4 Å². The van der Waals surface area contributed by atoms with Gasteiger partial charge in [-0.1, -0.05) is 34.1 Å². The van der Waals surface area contributed by atoms with E-state index < -0.39 is 5.60 Å². The van der Waals surface area contributed by atoms with Crippen LogP contribution in [0.15, 0.2) is 18.2 Å². The Morgan fingerprint density at radius 3 is 2.74 bits per heavy atom. The Labute approximate surface area is 121 Å². The van der Waals surface area contributed by atoms with Gasteiger partial charge in [0.05, 0.1) is 11.2 Å². The molecule has 0 bridgehead atoms. The number of halogens is 1. The maximum Gasteiger partial charge on any atom is 0.310 e. The van der Waals surface area contributed by atoms with Gasteiger partial charge in [-0.05, 0) is 38.3 Å². The first-order valence-electron chi connectivity index (χ1n) is 6.29. The smallest absolute Gasteiger partial charge is 0.310 e. The lowest BCUT2D eigenvalue weighted by Gasteiger charge is -2.19. The van der Waals surface area contributed by atoms with E-state index in [0.717, 1.165) is 16.7 Å². The first kappa shape index (κ1) is 14.3. The Bertz CT molecular complexity index is 529. The molecule has 0 saturated heterocycles. The molecular weight excluding hydrogens is 308 g/mol. The number of alkyl halides is 1. The molecular formula is C15H17BrO3. The van der Waals surface area contributed by atoms with Crippen LogP contribution in [0, 0.1) is 0 Å². The Morgan fingerprint density at radius 2 is 2.11 bits per heavy atom. The van der Waals surface area contributed by atoms with Crippen molar-refractivity contribution < 1.29 is 14.3 Å². The predicted octanol–water partition coefficient (Wildman–Crippen LogP) is 3.07. The van der Waals surface area contributed by atoms with Gasteiger partial charge >= 0.3 is 5.97 Å². The Hall–Kier alpha value is -1.16. The molecule has 0 N–H and O–H groups in total. The second-order valence-corrected chi connectivity index (χ2v) is 6.85. The van der Waals surface area contributed by atoms with E-state index in [9.17, 15) is 9.59 Å². The fourth-order valence-electron chi connectivity index (χ4n) is 2.25. The van der Waals surface area contributed by atoms with E-state index in [1.165, 1.54) is 0 Å². The van der Waals surface area contributed by atoms with Crippen LogP contribution in [0.3, 0.4) is 0 Å². The molecule has 102 valence electrons. The molecule has 1 aliphatic carbocycles. The molecule has 1 aromatic carbocycles. The largest absolute Gasteiger partial charge is 0.460 e. The van der Waals surface area contributed by atoms with E-state index in [1.807, 2.05) is 39.0 Å². The number of ketones is 1. The van der Waals surface area contributed by atoms with Gasteiger partial charge in [0, 0.05) is 5.56 Å². The molecule has 0 spiro atoms. The van der Waals surface area contributed by atoms with Crippen LogP contribution in [0.2, 0.25) is 0 Å². The minimum Gasteiger partial charge on any atom is -0.460 e. The number of hydrogen-bond acceptors (Lipinski definition) is 3. The highest BCUT2D eigenvalue weighted by atomic mass is 79.9. The van der Waals surface area contributed by atoms with Gasteiger partial charge < -0.3 is 4.74 Å². The van der Waals surface area contributed by atoms with Crippen LogP contribution in [0.4, 0.5) is 0 Å². The van der Waals surface area contributed by atoms with E-state index in [-0.39, 0.29) is 23.0 Å². The normalized spacial score (nSPS) is 18.3. The SMILES string of the molecule is CC(C)(C)OC(=O)Cc1cccc2c1CC(Br)C2=O. The monoisotopic (exact) mass is 324 g/mol. The molecule has 0 saturated carbocycles. The molecule has 1 unspecified atom stereocenters. The topological polar surface area (TPSA) is 43.4 Å². The van der Waals surface area contributed by atoms with Gasteiger partial charge in [0.25, 0.3) is 0 Å². The van der Waals surface area contributed by atoms with Crippen molar-refractivity contribution in [1.29, 1.82) is 0 Å². The molecule has 1 aromatic rings. The van der Waals surface area contributed by atoms with Gasteiger partial charge in [-0.3, -0.25) is 9.59 Å². The highest BCUT2D eigenvalue weighted by Crippen LogP contribution is 2.30. The first-order valence-corrected chi connectivity index (χ1v) is 7.20. The summed E-state index contributed by atoms with van der Waals surface area (Å²) >= 11 is 3.37. The fourth-order valence-corrected chi connectivity index (χ4v) is 2.82. The molecule has 0 aromatic heterocycles. The Morgan fingerprint density at radius 1 is 1.42 bits per heavy atom. The van der Waals surface area contributed by atoms with Crippen LogP contribution in [0.5, 0.6) is 0 Å². The lowest BCUT2D eigenvalue weighted by molar-refractivity contribution is -0.153. The molecule has 4 heteroatoms. The summed E-state index contributed by atoms with van der Waals surface area (Å²) in [4.78, 5) is 23.6. The van der Waals surface area contributed by atoms with Gasteiger partial charge in [0.2, 0.25) is 0 Å². The third kappa shape index (κ3) is 3.24. The summed E-state index contributed by atoms with van der Waals surface area (Å²) in [5.74, 6) is -0.160. The zero-order chi connectivity index (χ0) is 14.2. The molecule has 1 atom stereocenters.